The van der Waals surface area contributed by atoms with E-state index in [2.05, 4.69) is 18.3 Å². The fraction of sp³-hybridized carbons (Fsp3) is 0.263. The normalized spacial score (nSPS) is 16.9. The van der Waals surface area contributed by atoms with Gasteiger partial charge in [-0.3, -0.25) is 4.79 Å². The Bertz CT molecular complexity index is 719. The van der Waals surface area contributed by atoms with Crippen LogP contribution < -0.4 is 0 Å². The molecule has 2 aromatic rings. The third-order valence-corrected chi connectivity index (χ3v) is 4.41. The molecule has 1 amide bonds. The number of likely N-dealkylation sites (N-methyl/N-ethyl adjacent to an activating group) is 1. The van der Waals surface area contributed by atoms with Gasteiger partial charge in [0, 0.05) is 25.7 Å². The van der Waals surface area contributed by atoms with E-state index in [9.17, 15) is 4.79 Å². The van der Waals surface area contributed by atoms with Crippen molar-refractivity contribution in [2.75, 3.05) is 20.1 Å². The predicted octanol–water partition coefficient (Wildman–Crippen LogP) is 2.98. The van der Waals surface area contributed by atoms with Crippen LogP contribution in [0.4, 0.5) is 0 Å². The number of carbonyl (C=O) groups is 1. The van der Waals surface area contributed by atoms with E-state index < -0.39 is 0 Å². The molecule has 116 valence electrons. The molecule has 1 heterocycles. The van der Waals surface area contributed by atoms with Crippen LogP contribution in [0.15, 0.2) is 54.6 Å². The van der Waals surface area contributed by atoms with Crippen molar-refractivity contribution >= 4 is 5.91 Å². The highest BCUT2D eigenvalue weighted by atomic mass is 16.2. The number of likely N-dealkylation sites (tertiary alicyclic amines) is 1. The lowest BCUT2D eigenvalue weighted by Gasteiger charge is -2.24. The summed E-state index contributed by atoms with van der Waals surface area (Å²) in [5.74, 6) is 0.00871. The van der Waals surface area contributed by atoms with Crippen molar-refractivity contribution in [3.05, 3.63) is 60.2 Å². The summed E-state index contributed by atoms with van der Waals surface area (Å²) >= 11 is 0. The minimum Gasteiger partial charge on any atom is -0.337 e. The zero-order chi connectivity index (χ0) is 16.2. The molecule has 3 rings (SSSR count). The summed E-state index contributed by atoms with van der Waals surface area (Å²) in [5.41, 5.74) is 2.92. The van der Waals surface area contributed by atoms with Crippen LogP contribution in [0.3, 0.4) is 0 Å². The zero-order valence-electron chi connectivity index (χ0n) is 13.1. The Kier molecular flexibility index (Phi) is 4.29. The van der Waals surface area contributed by atoms with Gasteiger partial charge >= 0.3 is 0 Å². The molecule has 0 aliphatic carbocycles. The van der Waals surface area contributed by atoms with Crippen LogP contribution in [0.2, 0.25) is 0 Å². The summed E-state index contributed by atoms with van der Waals surface area (Å²) < 4.78 is 0. The van der Waals surface area contributed by atoms with Crippen LogP contribution in [-0.2, 0) is 0 Å². The molecule has 0 saturated carbocycles. The Morgan fingerprint density at radius 1 is 1.13 bits per heavy atom. The minimum absolute atomic E-state index is 0.00871. The molecule has 1 aliphatic heterocycles. The van der Waals surface area contributed by atoms with E-state index in [4.69, 9.17) is 5.26 Å². The molecule has 0 spiro atoms. The van der Waals surface area contributed by atoms with Crippen LogP contribution in [0, 0.1) is 11.5 Å². The summed E-state index contributed by atoms with van der Waals surface area (Å²) in [6.45, 7) is 1.35. The van der Waals surface area contributed by atoms with E-state index in [-0.39, 0.29) is 11.9 Å². The highest BCUT2D eigenvalue weighted by Gasteiger charge is 2.28. The van der Waals surface area contributed by atoms with Gasteiger partial charge in [-0.25, -0.2) is 0 Å². The van der Waals surface area contributed by atoms with Gasteiger partial charge in [0.2, 0.25) is 0 Å². The third-order valence-electron chi connectivity index (χ3n) is 4.41. The molecule has 1 fully saturated rings. The fourth-order valence-electron chi connectivity index (χ4n) is 2.95. The summed E-state index contributed by atoms with van der Waals surface area (Å²) in [7, 11) is 1.82. The summed E-state index contributed by atoms with van der Waals surface area (Å²) in [4.78, 5) is 16.1. The van der Waals surface area contributed by atoms with E-state index in [1.807, 2.05) is 49.5 Å². The topological polar surface area (TPSA) is 47.3 Å². The van der Waals surface area contributed by atoms with Gasteiger partial charge in [-0.2, -0.15) is 5.26 Å². The number of hydrogen-bond donors (Lipinski definition) is 0. The van der Waals surface area contributed by atoms with Gasteiger partial charge < -0.3 is 9.80 Å². The molecule has 0 radical (unpaired) electrons. The second-order valence-electron chi connectivity index (χ2n) is 5.85. The Morgan fingerprint density at radius 3 is 2.39 bits per heavy atom. The molecule has 1 unspecified atom stereocenters. The molecule has 4 nitrogen and oxygen atoms in total. The van der Waals surface area contributed by atoms with Crippen LogP contribution in [-0.4, -0.2) is 41.9 Å². The van der Waals surface area contributed by atoms with Gasteiger partial charge in [0.25, 0.3) is 5.91 Å². The van der Waals surface area contributed by atoms with E-state index in [0.717, 1.165) is 24.1 Å². The molecule has 1 saturated heterocycles. The molecular formula is C19H19N3O. The first-order valence-electron chi connectivity index (χ1n) is 7.76. The van der Waals surface area contributed by atoms with Crippen LogP contribution >= 0.6 is 0 Å². The summed E-state index contributed by atoms with van der Waals surface area (Å²) in [5, 5.41) is 8.93. The van der Waals surface area contributed by atoms with Gasteiger partial charge in [0.1, 0.15) is 0 Å². The van der Waals surface area contributed by atoms with Crippen molar-refractivity contribution in [2.24, 2.45) is 0 Å². The molecule has 4 heteroatoms. The van der Waals surface area contributed by atoms with Crippen LogP contribution in [0.1, 0.15) is 16.8 Å². The van der Waals surface area contributed by atoms with Crippen molar-refractivity contribution in [1.29, 1.82) is 5.26 Å². The Morgan fingerprint density at radius 2 is 1.78 bits per heavy atom. The maximum absolute atomic E-state index is 12.6. The SMILES string of the molecule is CN(C(=O)c1ccc(-c2ccccc2)cc1)C1CCN(C#N)C1. The molecule has 1 atom stereocenters. The number of nitriles is 1. The number of amides is 1. The first-order valence-corrected chi connectivity index (χ1v) is 7.76. The van der Waals surface area contributed by atoms with Crippen molar-refractivity contribution < 1.29 is 4.79 Å². The number of nitrogens with zero attached hydrogens (tertiary/aromatic N) is 3. The first kappa shape index (κ1) is 15.1. The fourth-order valence-corrected chi connectivity index (χ4v) is 2.95. The van der Waals surface area contributed by atoms with Crippen molar-refractivity contribution in [1.82, 2.24) is 9.80 Å². The molecule has 23 heavy (non-hydrogen) atoms. The van der Waals surface area contributed by atoms with E-state index in [0.29, 0.717) is 12.1 Å². The Hall–Kier alpha value is -2.80. The maximum Gasteiger partial charge on any atom is 0.253 e. The molecule has 2 aromatic carbocycles. The Labute approximate surface area is 136 Å². The summed E-state index contributed by atoms with van der Waals surface area (Å²) in [6.07, 6.45) is 2.99. The maximum atomic E-state index is 12.6. The van der Waals surface area contributed by atoms with Gasteiger partial charge in [-0.1, -0.05) is 42.5 Å². The molecule has 0 N–H and O–H groups in total. The van der Waals surface area contributed by atoms with Gasteiger partial charge in [0.05, 0.1) is 6.04 Å². The molecule has 0 aromatic heterocycles. The van der Waals surface area contributed by atoms with E-state index in [1.165, 1.54) is 0 Å². The minimum atomic E-state index is 0.00871. The van der Waals surface area contributed by atoms with Crippen molar-refractivity contribution in [3.63, 3.8) is 0 Å². The Balaban J connectivity index is 1.72. The number of benzene rings is 2. The molecular weight excluding hydrogens is 286 g/mol. The average Bonchev–Trinajstić information content (AvgIpc) is 3.10. The lowest BCUT2D eigenvalue weighted by molar-refractivity contribution is 0.0739. The van der Waals surface area contributed by atoms with E-state index >= 15 is 0 Å². The van der Waals surface area contributed by atoms with Crippen molar-refractivity contribution in [3.8, 4) is 17.3 Å². The predicted molar refractivity (Wildman–Crippen MR) is 89.6 cm³/mol. The van der Waals surface area contributed by atoms with Gasteiger partial charge in [-0.05, 0) is 29.7 Å². The van der Waals surface area contributed by atoms with E-state index in [1.54, 1.807) is 9.80 Å². The van der Waals surface area contributed by atoms with Crippen molar-refractivity contribution in [2.45, 2.75) is 12.5 Å². The standard InChI is InChI=1S/C19H19N3O/c1-21(18-11-12-22(13-18)14-20)19(23)17-9-7-16(8-10-17)15-5-3-2-4-6-15/h2-10,18H,11-13H2,1H3. The monoisotopic (exact) mass is 305 g/mol. The summed E-state index contributed by atoms with van der Waals surface area (Å²) in [6, 6.07) is 17.9. The van der Waals surface area contributed by atoms with Crippen LogP contribution in [0.25, 0.3) is 11.1 Å². The molecule has 0 bridgehead atoms. The largest absolute Gasteiger partial charge is 0.337 e. The van der Waals surface area contributed by atoms with Gasteiger partial charge in [0.15, 0.2) is 6.19 Å². The highest BCUT2D eigenvalue weighted by Crippen LogP contribution is 2.21. The number of carbonyl (C=O) groups excluding carboxylic acids is 1. The lowest BCUT2D eigenvalue weighted by atomic mass is 10.0. The second-order valence-corrected chi connectivity index (χ2v) is 5.85. The second kappa shape index (κ2) is 6.53. The first-order chi connectivity index (χ1) is 11.2. The number of rotatable bonds is 3. The third kappa shape index (κ3) is 3.19. The van der Waals surface area contributed by atoms with Gasteiger partial charge in [-0.15, -0.1) is 0 Å². The number of hydrogen-bond acceptors (Lipinski definition) is 3. The average molecular weight is 305 g/mol. The smallest absolute Gasteiger partial charge is 0.253 e. The van der Waals surface area contributed by atoms with Crippen LogP contribution in [0.5, 0.6) is 0 Å². The quantitative estimate of drug-likeness (QED) is 0.819. The highest BCUT2D eigenvalue weighted by molar-refractivity contribution is 5.94. The lowest BCUT2D eigenvalue weighted by Crippen LogP contribution is -2.38. The molecule has 1 aliphatic rings. The zero-order valence-corrected chi connectivity index (χ0v) is 13.1.